The number of piperazine rings is 1. The Kier molecular flexibility index (Phi) is 3.99. The molecule has 4 nitrogen and oxygen atoms in total. The van der Waals surface area contributed by atoms with Crippen molar-refractivity contribution in [3.05, 3.63) is 29.8 Å². The third-order valence-corrected chi connectivity index (χ3v) is 3.34. The first-order valence-corrected chi connectivity index (χ1v) is 6.03. The van der Waals surface area contributed by atoms with E-state index in [1.54, 1.807) is 7.11 Å². The average molecular weight is 235 g/mol. The molecule has 0 aliphatic carbocycles. The van der Waals surface area contributed by atoms with Gasteiger partial charge in [0.15, 0.2) is 0 Å². The monoisotopic (exact) mass is 235 g/mol. The van der Waals surface area contributed by atoms with E-state index < -0.39 is 0 Å². The molecule has 17 heavy (non-hydrogen) atoms. The highest BCUT2D eigenvalue weighted by Crippen LogP contribution is 2.26. The van der Waals surface area contributed by atoms with Gasteiger partial charge in [0.2, 0.25) is 0 Å². The second-order valence-corrected chi connectivity index (χ2v) is 4.59. The molecule has 1 heterocycles. The molecule has 0 spiro atoms. The number of methoxy groups -OCH3 is 1. The van der Waals surface area contributed by atoms with Crippen LogP contribution in [0.5, 0.6) is 5.75 Å². The van der Waals surface area contributed by atoms with E-state index in [1.165, 1.54) is 0 Å². The highest BCUT2D eigenvalue weighted by Gasteiger charge is 2.25. The molecular weight excluding hydrogens is 214 g/mol. The summed E-state index contributed by atoms with van der Waals surface area (Å²) in [4.78, 5) is 2.30. The molecule has 0 amide bonds. The summed E-state index contributed by atoms with van der Waals surface area (Å²) >= 11 is 0. The number of nitrogens with zero attached hydrogens (tertiary/aromatic N) is 1. The molecule has 1 aliphatic heterocycles. The molecular formula is C13H21N3O. The summed E-state index contributed by atoms with van der Waals surface area (Å²) < 4.78 is 5.36. The maximum atomic E-state index is 6.34. The van der Waals surface area contributed by atoms with E-state index in [1.807, 2.05) is 24.3 Å². The molecule has 94 valence electrons. The zero-order chi connectivity index (χ0) is 12.3. The van der Waals surface area contributed by atoms with Crippen LogP contribution < -0.4 is 15.8 Å². The average Bonchev–Trinajstić information content (AvgIpc) is 2.38. The van der Waals surface area contributed by atoms with E-state index in [2.05, 4.69) is 17.3 Å². The molecule has 1 fully saturated rings. The lowest BCUT2D eigenvalue weighted by Gasteiger charge is -2.35. The van der Waals surface area contributed by atoms with Gasteiger partial charge in [-0.25, -0.2) is 0 Å². The fraction of sp³-hybridized carbons (Fsp3) is 0.538. The Bertz CT molecular complexity index is 369. The minimum atomic E-state index is -0.0334. The molecule has 3 N–H and O–H groups in total. The van der Waals surface area contributed by atoms with Crippen LogP contribution in [-0.2, 0) is 0 Å². The van der Waals surface area contributed by atoms with Gasteiger partial charge < -0.3 is 20.7 Å². The number of likely N-dealkylation sites (N-methyl/N-ethyl adjacent to an activating group) is 1. The van der Waals surface area contributed by atoms with Crippen LogP contribution in [-0.4, -0.2) is 44.7 Å². The smallest absolute Gasteiger partial charge is 0.123 e. The van der Waals surface area contributed by atoms with E-state index in [4.69, 9.17) is 10.5 Å². The number of hydrogen-bond acceptors (Lipinski definition) is 4. The molecule has 1 aromatic rings. The van der Waals surface area contributed by atoms with Crippen LogP contribution in [0, 0.1) is 0 Å². The number of para-hydroxylation sites is 1. The first-order chi connectivity index (χ1) is 8.22. The minimum absolute atomic E-state index is 0.0334. The molecule has 0 aromatic heterocycles. The lowest BCUT2D eigenvalue weighted by molar-refractivity contribution is 0.218. The quantitative estimate of drug-likeness (QED) is 0.805. The van der Waals surface area contributed by atoms with Crippen molar-refractivity contribution in [2.45, 2.75) is 12.1 Å². The molecule has 4 heteroatoms. The van der Waals surface area contributed by atoms with Gasteiger partial charge in [0.25, 0.3) is 0 Å². The van der Waals surface area contributed by atoms with E-state index in [9.17, 15) is 0 Å². The van der Waals surface area contributed by atoms with Crippen molar-refractivity contribution >= 4 is 0 Å². The molecule has 1 aromatic carbocycles. The van der Waals surface area contributed by atoms with Gasteiger partial charge in [-0.2, -0.15) is 0 Å². The number of hydrogen-bond donors (Lipinski definition) is 2. The van der Waals surface area contributed by atoms with Gasteiger partial charge in [0.05, 0.1) is 7.11 Å². The Hall–Kier alpha value is -1.10. The van der Waals surface area contributed by atoms with Gasteiger partial charge in [0.1, 0.15) is 5.75 Å². The lowest BCUT2D eigenvalue weighted by Crippen LogP contribution is -2.53. The third kappa shape index (κ3) is 2.77. The molecule has 0 bridgehead atoms. The molecule has 2 rings (SSSR count). The van der Waals surface area contributed by atoms with Crippen LogP contribution >= 0.6 is 0 Å². The maximum Gasteiger partial charge on any atom is 0.123 e. The van der Waals surface area contributed by atoms with Crippen molar-refractivity contribution in [1.82, 2.24) is 10.2 Å². The van der Waals surface area contributed by atoms with Crippen LogP contribution in [0.3, 0.4) is 0 Å². The SMILES string of the molecule is COc1ccccc1C(N)C1CN(C)CCN1. The Labute approximate surface area is 103 Å². The molecule has 2 atom stereocenters. The zero-order valence-electron chi connectivity index (χ0n) is 10.5. The molecule has 2 unspecified atom stereocenters. The fourth-order valence-corrected chi connectivity index (χ4v) is 2.33. The van der Waals surface area contributed by atoms with Crippen molar-refractivity contribution in [1.29, 1.82) is 0 Å². The van der Waals surface area contributed by atoms with Gasteiger partial charge in [-0.3, -0.25) is 0 Å². The Balaban J connectivity index is 2.15. The van der Waals surface area contributed by atoms with E-state index in [0.29, 0.717) is 0 Å². The second-order valence-electron chi connectivity index (χ2n) is 4.59. The lowest BCUT2D eigenvalue weighted by atomic mass is 9.97. The second kappa shape index (κ2) is 5.49. The van der Waals surface area contributed by atoms with E-state index in [0.717, 1.165) is 30.9 Å². The Morgan fingerprint density at radius 3 is 2.94 bits per heavy atom. The molecule has 0 saturated carbocycles. The van der Waals surface area contributed by atoms with Crippen molar-refractivity contribution in [3.63, 3.8) is 0 Å². The number of benzene rings is 1. The topological polar surface area (TPSA) is 50.5 Å². The highest BCUT2D eigenvalue weighted by atomic mass is 16.5. The zero-order valence-corrected chi connectivity index (χ0v) is 10.5. The van der Waals surface area contributed by atoms with Gasteiger partial charge in [-0.15, -0.1) is 0 Å². The van der Waals surface area contributed by atoms with Gasteiger partial charge in [-0.1, -0.05) is 18.2 Å². The largest absolute Gasteiger partial charge is 0.496 e. The normalized spacial score (nSPS) is 23.4. The van der Waals surface area contributed by atoms with Crippen LogP contribution in [0.25, 0.3) is 0 Å². The van der Waals surface area contributed by atoms with Crippen LogP contribution in [0.2, 0.25) is 0 Å². The van der Waals surface area contributed by atoms with Crippen LogP contribution in [0.1, 0.15) is 11.6 Å². The van der Waals surface area contributed by atoms with Crippen molar-refractivity contribution in [2.24, 2.45) is 5.73 Å². The fourth-order valence-electron chi connectivity index (χ4n) is 2.33. The number of nitrogens with one attached hydrogen (secondary N) is 1. The van der Waals surface area contributed by atoms with Crippen LogP contribution in [0.15, 0.2) is 24.3 Å². The number of ether oxygens (including phenoxy) is 1. The predicted molar refractivity (Wildman–Crippen MR) is 69.2 cm³/mol. The predicted octanol–water partition coefficient (Wildman–Crippen LogP) is 0.599. The molecule has 0 radical (unpaired) electrons. The van der Waals surface area contributed by atoms with E-state index in [-0.39, 0.29) is 12.1 Å². The molecule has 1 aliphatic rings. The molecule has 1 saturated heterocycles. The van der Waals surface area contributed by atoms with Crippen LogP contribution in [0.4, 0.5) is 0 Å². The number of rotatable bonds is 3. The third-order valence-electron chi connectivity index (χ3n) is 3.34. The summed E-state index contributed by atoms with van der Waals surface area (Å²) in [6, 6.07) is 8.22. The summed E-state index contributed by atoms with van der Waals surface area (Å²) in [6.45, 7) is 3.04. The highest BCUT2D eigenvalue weighted by molar-refractivity contribution is 5.36. The maximum absolute atomic E-state index is 6.34. The minimum Gasteiger partial charge on any atom is -0.496 e. The summed E-state index contributed by atoms with van der Waals surface area (Å²) in [7, 11) is 3.81. The standard InChI is InChI=1S/C13H21N3O/c1-16-8-7-15-11(9-16)13(14)10-5-3-4-6-12(10)17-2/h3-6,11,13,15H,7-9,14H2,1-2H3. The van der Waals surface area contributed by atoms with Gasteiger partial charge in [0, 0.05) is 37.3 Å². The summed E-state index contributed by atoms with van der Waals surface area (Å²) in [6.07, 6.45) is 0. The summed E-state index contributed by atoms with van der Waals surface area (Å²) in [5, 5.41) is 3.48. The van der Waals surface area contributed by atoms with Gasteiger partial charge >= 0.3 is 0 Å². The number of nitrogens with two attached hydrogens (primary N) is 1. The van der Waals surface area contributed by atoms with Crippen molar-refractivity contribution in [3.8, 4) is 5.75 Å². The van der Waals surface area contributed by atoms with Crippen molar-refractivity contribution in [2.75, 3.05) is 33.8 Å². The first kappa shape index (κ1) is 12.4. The summed E-state index contributed by atoms with van der Waals surface area (Å²) in [5.74, 6) is 0.870. The van der Waals surface area contributed by atoms with E-state index >= 15 is 0 Å². The Morgan fingerprint density at radius 1 is 1.47 bits per heavy atom. The first-order valence-electron chi connectivity index (χ1n) is 6.03. The Morgan fingerprint density at radius 2 is 2.24 bits per heavy atom. The van der Waals surface area contributed by atoms with Crippen molar-refractivity contribution < 1.29 is 4.74 Å². The summed E-state index contributed by atoms with van der Waals surface area (Å²) in [5.41, 5.74) is 7.41. The van der Waals surface area contributed by atoms with Gasteiger partial charge in [-0.05, 0) is 13.1 Å².